The van der Waals surface area contributed by atoms with Gasteiger partial charge in [-0.05, 0) is 25.1 Å². The zero-order valence-electron chi connectivity index (χ0n) is 10.9. The van der Waals surface area contributed by atoms with Gasteiger partial charge in [0.15, 0.2) is 0 Å². The molecular weight excluding hydrogens is 232 g/mol. The number of carbonyl (C=O) groups is 2. The van der Waals surface area contributed by atoms with Crippen LogP contribution in [0.5, 0.6) is 0 Å². The predicted molar refractivity (Wildman–Crippen MR) is 69.7 cm³/mol. The van der Waals surface area contributed by atoms with Crippen LogP contribution in [0.3, 0.4) is 0 Å². The third-order valence-electron chi connectivity index (χ3n) is 2.32. The van der Waals surface area contributed by atoms with Gasteiger partial charge in [-0.2, -0.15) is 0 Å². The van der Waals surface area contributed by atoms with Crippen molar-refractivity contribution in [2.75, 3.05) is 32.1 Å². The molecule has 1 N–H and O–H groups in total. The molecule has 0 saturated carbocycles. The average Bonchev–Trinajstić information content (AvgIpc) is 2.36. The van der Waals surface area contributed by atoms with Crippen molar-refractivity contribution in [3.8, 4) is 0 Å². The molecule has 5 heteroatoms. The molecule has 0 atom stereocenters. The molecule has 0 bridgehead atoms. The number of carbonyl (C=O) groups excluding carboxylic acids is 2. The second-order valence-electron chi connectivity index (χ2n) is 3.93. The first kappa shape index (κ1) is 14.0. The summed E-state index contributed by atoms with van der Waals surface area (Å²) in [4.78, 5) is 24.8. The maximum atomic E-state index is 11.8. The highest BCUT2D eigenvalue weighted by Gasteiger charge is 2.09. The van der Waals surface area contributed by atoms with E-state index in [-0.39, 0.29) is 12.5 Å². The molecule has 0 unspecified atom stereocenters. The third kappa shape index (κ3) is 4.08. The van der Waals surface area contributed by atoms with E-state index in [1.165, 1.54) is 0 Å². The van der Waals surface area contributed by atoms with E-state index in [4.69, 9.17) is 4.74 Å². The number of amides is 1. The Balaban J connectivity index is 2.61. The van der Waals surface area contributed by atoms with Crippen LogP contribution in [-0.2, 0) is 9.53 Å². The topological polar surface area (TPSA) is 58.6 Å². The molecule has 0 fully saturated rings. The second-order valence-corrected chi connectivity index (χ2v) is 3.93. The van der Waals surface area contributed by atoms with Crippen LogP contribution in [-0.4, -0.2) is 39.1 Å². The first-order chi connectivity index (χ1) is 8.54. The number of rotatable bonds is 5. The standard InChI is InChI=1S/C13H18N2O3/c1-4-18-12(16)9-14-13(17)10-6-5-7-11(8-10)15(2)3/h5-8H,4,9H2,1-3H3,(H,14,17). The van der Waals surface area contributed by atoms with Gasteiger partial charge in [0, 0.05) is 25.3 Å². The molecule has 0 radical (unpaired) electrons. The van der Waals surface area contributed by atoms with E-state index in [1.807, 2.05) is 25.1 Å². The Morgan fingerprint density at radius 2 is 2.06 bits per heavy atom. The van der Waals surface area contributed by atoms with Crippen molar-refractivity contribution in [2.45, 2.75) is 6.92 Å². The molecule has 1 aromatic carbocycles. The molecule has 0 heterocycles. The van der Waals surface area contributed by atoms with Gasteiger partial charge in [0.05, 0.1) is 6.61 Å². The minimum Gasteiger partial charge on any atom is -0.465 e. The summed E-state index contributed by atoms with van der Waals surface area (Å²) in [5.41, 5.74) is 1.45. The Labute approximate surface area is 107 Å². The fourth-order valence-corrected chi connectivity index (χ4v) is 1.39. The normalized spacial score (nSPS) is 9.72. The SMILES string of the molecule is CCOC(=O)CNC(=O)c1cccc(N(C)C)c1. The lowest BCUT2D eigenvalue weighted by atomic mass is 10.2. The van der Waals surface area contributed by atoms with Crippen molar-refractivity contribution >= 4 is 17.6 Å². The number of ether oxygens (including phenoxy) is 1. The lowest BCUT2D eigenvalue weighted by Crippen LogP contribution is -2.30. The van der Waals surface area contributed by atoms with Gasteiger partial charge < -0.3 is 15.0 Å². The summed E-state index contributed by atoms with van der Waals surface area (Å²) in [7, 11) is 3.80. The number of nitrogens with one attached hydrogen (secondary N) is 1. The summed E-state index contributed by atoms with van der Waals surface area (Å²) in [6.07, 6.45) is 0. The van der Waals surface area contributed by atoms with E-state index in [9.17, 15) is 9.59 Å². The Hall–Kier alpha value is -2.04. The van der Waals surface area contributed by atoms with Gasteiger partial charge in [0.25, 0.3) is 5.91 Å². The first-order valence-corrected chi connectivity index (χ1v) is 5.75. The summed E-state index contributed by atoms with van der Waals surface area (Å²) in [6, 6.07) is 7.17. The molecule has 0 aliphatic rings. The quantitative estimate of drug-likeness (QED) is 0.793. The largest absolute Gasteiger partial charge is 0.465 e. The number of nitrogens with zero attached hydrogens (tertiary/aromatic N) is 1. The predicted octanol–water partition coefficient (Wildman–Crippen LogP) is 1.05. The maximum Gasteiger partial charge on any atom is 0.325 e. The summed E-state index contributed by atoms with van der Waals surface area (Å²) in [5, 5.41) is 2.52. The lowest BCUT2D eigenvalue weighted by molar-refractivity contribution is -0.141. The molecular formula is C13H18N2O3. The Bertz CT molecular complexity index is 430. The minimum absolute atomic E-state index is 0.112. The van der Waals surface area contributed by atoms with Crippen LogP contribution in [0.1, 0.15) is 17.3 Å². The number of esters is 1. The molecule has 0 aliphatic heterocycles. The number of hydrogen-bond donors (Lipinski definition) is 1. The fourth-order valence-electron chi connectivity index (χ4n) is 1.39. The summed E-state index contributed by atoms with van der Waals surface area (Å²) < 4.78 is 4.73. The molecule has 0 saturated heterocycles. The van der Waals surface area contributed by atoms with Gasteiger partial charge in [-0.25, -0.2) is 0 Å². The monoisotopic (exact) mass is 250 g/mol. The highest BCUT2D eigenvalue weighted by atomic mass is 16.5. The van der Waals surface area contributed by atoms with E-state index < -0.39 is 5.97 Å². The van der Waals surface area contributed by atoms with Crippen molar-refractivity contribution in [2.24, 2.45) is 0 Å². The Morgan fingerprint density at radius 3 is 2.67 bits per heavy atom. The van der Waals surface area contributed by atoms with Gasteiger partial charge in [0.1, 0.15) is 6.54 Å². The van der Waals surface area contributed by atoms with E-state index in [0.29, 0.717) is 12.2 Å². The molecule has 0 spiro atoms. The van der Waals surface area contributed by atoms with Crippen molar-refractivity contribution in [3.05, 3.63) is 29.8 Å². The van der Waals surface area contributed by atoms with Crippen LogP contribution in [0.4, 0.5) is 5.69 Å². The van der Waals surface area contributed by atoms with Crippen LogP contribution in [0, 0.1) is 0 Å². The number of hydrogen-bond acceptors (Lipinski definition) is 4. The van der Waals surface area contributed by atoms with Crippen molar-refractivity contribution < 1.29 is 14.3 Å². The van der Waals surface area contributed by atoms with Gasteiger partial charge in [-0.3, -0.25) is 9.59 Å². The zero-order valence-corrected chi connectivity index (χ0v) is 10.9. The smallest absolute Gasteiger partial charge is 0.325 e. The van der Waals surface area contributed by atoms with Crippen molar-refractivity contribution in [3.63, 3.8) is 0 Å². The number of benzene rings is 1. The van der Waals surface area contributed by atoms with Crippen LogP contribution in [0.15, 0.2) is 24.3 Å². The van der Waals surface area contributed by atoms with Crippen LogP contribution >= 0.6 is 0 Å². The molecule has 0 aliphatic carbocycles. The van der Waals surface area contributed by atoms with Crippen LogP contribution < -0.4 is 10.2 Å². The minimum atomic E-state index is -0.436. The summed E-state index contributed by atoms with van der Waals surface area (Å²) in [5.74, 6) is -0.721. The first-order valence-electron chi connectivity index (χ1n) is 5.75. The molecule has 1 rings (SSSR count). The highest BCUT2D eigenvalue weighted by Crippen LogP contribution is 2.13. The maximum absolute atomic E-state index is 11.8. The van der Waals surface area contributed by atoms with E-state index >= 15 is 0 Å². The summed E-state index contributed by atoms with van der Waals surface area (Å²) in [6.45, 7) is 1.92. The van der Waals surface area contributed by atoms with Gasteiger partial charge in [-0.15, -0.1) is 0 Å². The molecule has 0 aromatic heterocycles. The van der Waals surface area contributed by atoms with Gasteiger partial charge in [0.2, 0.25) is 0 Å². The van der Waals surface area contributed by atoms with Crippen molar-refractivity contribution in [1.29, 1.82) is 0 Å². The van der Waals surface area contributed by atoms with Crippen LogP contribution in [0.2, 0.25) is 0 Å². The number of anilines is 1. The van der Waals surface area contributed by atoms with Gasteiger partial charge in [-0.1, -0.05) is 6.07 Å². The second kappa shape index (κ2) is 6.64. The molecule has 18 heavy (non-hydrogen) atoms. The average molecular weight is 250 g/mol. The zero-order chi connectivity index (χ0) is 13.5. The summed E-state index contributed by atoms with van der Waals surface area (Å²) >= 11 is 0. The molecule has 98 valence electrons. The molecule has 1 amide bonds. The molecule has 1 aromatic rings. The third-order valence-corrected chi connectivity index (χ3v) is 2.32. The Morgan fingerprint density at radius 1 is 1.33 bits per heavy atom. The van der Waals surface area contributed by atoms with E-state index in [1.54, 1.807) is 25.1 Å². The molecule has 5 nitrogen and oxygen atoms in total. The fraction of sp³-hybridized carbons (Fsp3) is 0.385. The Kier molecular flexibility index (Phi) is 5.17. The van der Waals surface area contributed by atoms with Crippen LogP contribution in [0.25, 0.3) is 0 Å². The van der Waals surface area contributed by atoms with E-state index in [0.717, 1.165) is 5.69 Å². The van der Waals surface area contributed by atoms with E-state index in [2.05, 4.69) is 5.32 Å². The lowest BCUT2D eigenvalue weighted by Gasteiger charge is -2.13. The van der Waals surface area contributed by atoms with Gasteiger partial charge >= 0.3 is 5.97 Å². The van der Waals surface area contributed by atoms with Crippen molar-refractivity contribution in [1.82, 2.24) is 5.32 Å². The highest BCUT2D eigenvalue weighted by molar-refractivity contribution is 5.96.